The first-order chi connectivity index (χ1) is 8.25. The molecule has 3 unspecified atom stereocenters. The summed E-state index contributed by atoms with van der Waals surface area (Å²) in [6, 6.07) is 1.60. The van der Waals surface area contributed by atoms with Gasteiger partial charge in [-0.3, -0.25) is 5.10 Å². The van der Waals surface area contributed by atoms with Crippen molar-refractivity contribution in [2.75, 3.05) is 6.54 Å². The van der Waals surface area contributed by atoms with Gasteiger partial charge in [-0.25, -0.2) is 0 Å². The zero-order valence-corrected chi connectivity index (χ0v) is 10.9. The van der Waals surface area contributed by atoms with Crippen molar-refractivity contribution in [1.29, 1.82) is 0 Å². The van der Waals surface area contributed by atoms with Crippen LogP contribution in [0.2, 0.25) is 0 Å². The number of nitrogens with one attached hydrogen (secondary N) is 3. The molecular weight excluding hydrogens is 212 g/mol. The van der Waals surface area contributed by atoms with E-state index >= 15 is 0 Å². The van der Waals surface area contributed by atoms with E-state index in [0.717, 1.165) is 0 Å². The molecular formula is C13H24N4. The zero-order chi connectivity index (χ0) is 12.1. The van der Waals surface area contributed by atoms with E-state index in [2.05, 4.69) is 34.7 Å². The molecule has 1 aromatic heterocycles. The van der Waals surface area contributed by atoms with Crippen LogP contribution in [0.25, 0.3) is 0 Å². The molecule has 0 amide bonds. The number of piperidine rings is 1. The van der Waals surface area contributed by atoms with Gasteiger partial charge in [0.2, 0.25) is 0 Å². The lowest BCUT2D eigenvalue weighted by Crippen LogP contribution is -2.40. The van der Waals surface area contributed by atoms with Crippen molar-refractivity contribution in [3.63, 3.8) is 0 Å². The van der Waals surface area contributed by atoms with Gasteiger partial charge >= 0.3 is 0 Å². The highest BCUT2D eigenvalue weighted by Crippen LogP contribution is 2.15. The van der Waals surface area contributed by atoms with Crippen molar-refractivity contribution in [3.8, 4) is 0 Å². The van der Waals surface area contributed by atoms with E-state index in [-0.39, 0.29) is 0 Å². The van der Waals surface area contributed by atoms with Crippen LogP contribution in [-0.4, -0.2) is 28.8 Å². The van der Waals surface area contributed by atoms with Crippen molar-refractivity contribution >= 4 is 0 Å². The molecule has 3 N–H and O–H groups in total. The minimum atomic E-state index is 0.368. The first kappa shape index (κ1) is 12.6. The fourth-order valence-corrected chi connectivity index (χ4v) is 2.64. The van der Waals surface area contributed by atoms with Crippen molar-refractivity contribution in [3.05, 3.63) is 18.0 Å². The Morgan fingerprint density at radius 3 is 3.00 bits per heavy atom. The van der Waals surface area contributed by atoms with Crippen LogP contribution in [0.1, 0.15) is 51.1 Å². The van der Waals surface area contributed by atoms with Gasteiger partial charge in [-0.15, -0.1) is 0 Å². The molecule has 1 fully saturated rings. The van der Waals surface area contributed by atoms with Crippen LogP contribution < -0.4 is 10.6 Å². The fraction of sp³-hybridized carbons (Fsp3) is 0.769. The smallest absolute Gasteiger partial charge is 0.0534 e. The third-order valence-electron chi connectivity index (χ3n) is 3.60. The summed E-state index contributed by atoms with van der Waals surface area (Å²) in [6.07, 6.45) is 9.10. The molecule has 1 aliphatic rings. The van der Waals surface area contributed by atoms with E-state index in [1.807, 2.05) is 12.4 Å². The Morgan fingerprint density at radius 1 is 1.47 bits per heavy atom. The number of hydrogen-bond acceptors (Lipinski definition) is 3. The maximum absolute atomic E-state index is 3.99. The van der Waals surface area contributed by atoms with Gasteiger partial charge in [-0.2, -0.15) is 5.10 Å². The average molecular weight is 236 g/mol. The van der Waals surface area contributed by atoms with Gasteiger partial charge in [0.1, 0.15) is 0 Å². The Kier molecular flexibility index (Phi) is 4.57. The Bertz CT molecular complexity index is 303. The number of rotatable bonds is 5. The van der Waals surface area contributed by atoms with E-state index in [1.54, 1.807) is 0 Å². The molecule has 96 valence electrons. The molecule has 1 saturated heterocycles. The summed E-state index contributed by atoms with van der Waals surface area (Å²) in [5.41, 5.74) is 1.23. The molecule has 2 rings (SSSR count). The van der Waals surface area contributed by atoms with Crippen LogP contribution in [-0.2, 0) is 0 Å². The number of aromatic nitrogens is 2. The molecule has 3 atom stereocenters. The van der Waals surface area contributed by atoms with Gasteiger partial charge in [0.15, 0.2) is 0 Å². The maximum atomic E-state index is 3.99. The number of aromatic amines is 1. The summed E-state index contributed by atoms with van der Waals surface area (Å²) >= 11 is 0. The summed E-state index contributed by atoms with van der Waals surface area (Å²) in [4.78, 5) is 0. The monoisotopic (exact) mass is 236 g/mol. The predicted octanol–water partition coefficient (Wildman–Crippen LogP) is 1.98. The summed E-state index contributed by atoms with van der Waals surface area (Å²) in [7, 11) is 0. The number of nitrogens with zero attached hydrogens (tertiary/aromatic N) is 1. The van der Waals surface area contributed by atoms with Crippen molar-refractivity contribution in [2.24, 2.45) is 0 Å². The van der Waals surface area contributed by atoms with E-state index in [1.165, 1.54) is 37.8 Å². The standard InChI is InChI=1S/C13H24N4/c1-10(7-13-5-3-4-6-14-13)17-11(2)12-8-15-16-9-12/h8-11,13-14,17H,3-7H2,1-2H3,(H,15,16). The lowest BCUT2D eigenvalue weighted by atomic mass is 9.98. The Morgan fingerprint density at radius 2 is 2.35 bits per heavy atom. The van der Waals surface area contributed by atoms with E-state index in [9.17, 15) is 0 Å². The zero-order valence-electron chi connectivity index (χ0n) is 10.9. The topological polar surface area (TPSA) is 52.7 Å². The lowest BCUT2D eigenvalue weighted by Gasteiger charge is -2.28. The molecule has 0 aromatic carbocycles. The van der Waals surface area contributed by atoms with E-state index < -0.39 is 0 Å². The molecule has 4 nitrogen and oxygen atoms in total. The lowest BCUT2D eigenvalue weighted by molar-refractivity contribution is 0.334. The SMILES string of the molecule is CC(CC1CCCCN1)NC(C)c1cn[nH]c1. The maximum Gasteiger partial charge on any atom is 0.0534 e. The predicted molar refractivity (Wildman–Crippen MR) is 69.9 cm³/mol. The van der Waals surface area contributed by atoms with Gasteiger partial charge in [-0.05, 0) is 39.7 Å². The van der Waals surface area contributed by atoms with Crippen molar-refractivity contribution in [2.45, 2.75) is 57.7 Å². The Balaban J connectivity index is 1.74. The third-order valence-corrected chi connectivity index (χ3v) is 3.60. The van der Waals surface area contributed by atoms with Gasteiger partial charge in [0.05, 0.1) is 6.20 Å². The first-order valence-corrected chi connectivity index (χ1v) is 6.74. The molecule has 0 bridgehead atoms. The summed E-state index contributed by atoms with van der Waals surface area (Å²) < 4.78 is 0. The average Bonchev–Trinajstić information content (AvgIpc) is 2.83. The van der Waals surface area contributed by atoms with Gasteiger partial charge < -0.3 is 10.6 Å². The molecule has 0 aliphatic carbocycles. The molecule has 4 heteroatoms. The second-order valence-corrected chi connectivity index (χ2v) is 5.20. The molecule has 0 spiro atoms. The minimum absolute atomic E-state index is 0.368. The Labute approximate surface area is 104 Å². The number of H-pyrrole nitrogens is 1. The molecule has 2 heterocycles. The van der Waals surface area contributed by atoms with Crippen LogP contribution in [0.15, 0.2) is 12.4 Å². The number of hydrogen-bond donors (Lipinski definition) is 3. The van der Waals surface area contributed by atoms with Crippen LogP contribution in [0, 0.1) is 0 Å². The highest BCUT2D eigenvalue weighted by molar-refractivity contribution is 5.08. The van der Waals surface area contributed by atoms with Crippen LogP contribution >= 0.6 is 0 Å². The second-order valence-electron chi connectivity index (χ2n) is 5.20. The summed E-state index contributed by atoms with van der Waals surface area (Å²) in [6.45, 7) is 5.65. The third kappa shape index (κ3) is 3.82. The van der Waals surface area contributed by atoms with Gasteiger partial charge in [-0.1, -0.05) is 6.42 Å². The highest BCUT2D eigenvalue weighted by Gasteiger charge is 2.17. The summed E-state index contributed by atoms with van der Waals surface area (Å²) in [5, 5.41) is 14.1. The van der Waals surface area contributed by atoms with Crippen LogP contribution in [0.3, 0.4) is 0 Å². The van der Waals surface area contributed by atoms with Gasteiger partial charge in [0.25, 0.3) is 0 Å². The molecule has 0 radical (unpaired) electrons. The first-order valence-electron chi connectivity index (χ1n) is 6.74. The normalized spacial score (nSPS) is 24.5. The molecule has 1 aliphatic heterocycles. The highest BCUT2D eigenvalue weighted by atomic mass is 15.1. The van der Waals surface area contributed by atoms with Gasteiger partial charge in [0, 0.05) is 29.9 Å². The van der Waals surface area contributed by atoms with Crippen LogP contribution in [0.5, 0.6) is 0 Å². The van der Waals surface area contributed by atoms with E-state index in [4.69, 9.17) is 0 Å². The minimum Gasteiger partial charge on any atom is -0.314 e. The summed E-state index contributed by atoms with van der Waals surface area (Å²) in [5.74, 6) is 0. The van der Waals surface area contributed by atoms with Crippen LogP contribution in [0.4, 0.5) is 0 Å². The van der Waals surface area contributed by atoms with E-state index in [0.29, 0.717) is 18.1 Å². The van der Waals surface area contributed by atoms with Crippen molar-refractivity contribution < 1.29 is 0 Å². The second kappa shape index (κ2) is 6.17. The van der Waals surface area contributed by atoms with Crippen molar-refractivity contribution in [1.82, 2.24) is 20.8 Å². The Hall–Kier alpha value is -0.870. The fourth-order valence-electron chi connectivity index (χ4n) is 2.64. The molecule has 1 aromatic rings. The molecule has 17 heavy (non-hydrogen) atoms. The molecule has 0 saturated carbocycles. The quantitative estimate of drug-likeness (QED) is 0.733. The largest absolute Gasteiger partial charge is 0.314 e.